The summed E-state index contributed by atoms with van der Waals surface area (Å²) < 4.78 is 38.5. The number of benzene rings is 1. The van der Waals surface area contributed by atoms with Gasteiger partial charge >= 0.3 is 6.18 Å². The largest absolute Gasteiger partial charge is 0.416 e. The molecule has 0 unspecified atom stereocenters. The summed E-state index contributed by atoms with van der Waals surface area (Å²) in [7, 11) is 1.63. The summed E-state index contributed by atoms with van der Waals surface area (Å²) in [5, 5.41) is 6.26. The molecule has 8 heteroatoms. The minimum absolute atomic E-state index is 0.249. The Bertz CT molecular complexity index is 829. The van der Waals surface area contributed by atoms with Crippen LogP contribution >= 0.6 is 0 Å². The van der Waals surface area contributed by atoms with Gasteiger partial charge in [0.15, 0.2) is 5.96 Å². The van der Waals surface area contributed by atoms with Crippen LogP contribution in [0.4, 0.5) is 19.0 Å². The lowest BCUT2D eigenvalue weighted by Crippen LogP contribution is -2.36. The summed E-state index contributed by atoms with van der Waals surface area (Å²) in [6.07, 6.45) is 1.11. The van der Waals surface area contributed by atoms with Crippen molar-refractivity contribution in [1.29, 1.82) is 0 Å². The number of anilines is 1. The second-order valence-electron chi connectivity index (χ2n) is 7.05. The molecule has 0 aliphatic carbocycles. The lowest BCUT2D eigenvalue weighted by Gasteiger charge is -2.28. The number of aromatic nitrogens is 1. The first-order chi connectivity index (χ1) is 14.0. The third-order valence-corrected chi connectivity index (χ3v) is 4.89. The third kappa shape index (κ3) is 6.10. The van der Waals surface area contributed by atoms with E-state index < -0.39 is 11.7 Å². The molecule has 0 atom stereocenters. The molecule has 1 saturated heterocycles. The highest BCUT2D eigenvalue weighted by molar-refractivity contribution is 5.79. The Morgan fingerprint density at radius 1 is 1.03 bits per heavy atom. The fourth-order valence-electron chi connectivity index (χ4n) is 3.32. The van der Waals surface area contributed by atoms with E-state index >= 15 is 0 Å². The van der Waals surface area contributed by atoms with Gasteiger partial charge in [0, 0.05) is 39.4 Å². The Morgan fingerprint density at radius 2 is 1.72 bits per heavy atom. The summed E-state index contributed by atoms with van der Waals surface area (Å²) in [6.45, 7) is 2.86. The van der Waals surface area contributed by atoms with Crippen molar-refractivity contribution in [3.05, 3.63) is 59.3 Å². The molecule has 1 aromatic heterocycles. The molecule has 2 aromatic rings. The van der Waals surface area contributed by atoms with Crippen LogP contribution in [0.1, 0.15) is 36.0 Å². The summed E-state index contributed by atoms with van der Waals surface area (Å²) in [5.41, 5.74) is 0.962. The van der Waals surface area contributed by atoms with Crippen molar-refractivity contribution in [3.8, 4) is 0 Å². The van der Waals surface area contributed by atoms with Crippen LogP contribution in [-0.2, 0) is 19.3 Å². The molecule has 0 radical (unpaired) electrons. The van der Waals surface area contributed by atoms with Gasteiger partial charge in [-0.25, -0.2) is 4.98 Å². The lowest BCUT2D eigenvalue weighted by atomic mass is 10.1. The Hall–Kier alpha value is -2.77. The van der Waals surface area contributed by atoms with Crippen LogP contribution in [0.2, 0.25) is 0 Å². The standard InChI is InChI=1S/C21H26F3N5/c1-25-20(27-14-16-6-5-7-18(12-16)21(22,23)24)28-15-17-8-9-26-19(13-17)29-10-3-2-4-11-29/h5-9,12-13H,2-4,10-11,14-15H2,1H3,(H2,25,27,28). The van der Waals surface area contributed by atoms with Crippen molar-refractivity contribution >= 4 is 11.8 Å². The van der Waals surface area contributed by atoms with Crippen molar-refractivity contribution in [2.24, 2.45) is 4.99 Å². The van der Waals surface area contributed by atoms with Gasteiger partial charge in [-0.1, -0.05) is 12.1 Å². The number of rotatable bonds is 5. The van der Waals surface area contributed by atoms with Crippen molar-refractivity contribution in [1.82, 2.24) is 15.6 Å². The topological polar surface area (TPSA) is 52.6 Å². The maximum Gasteiger partial charge on any atom is 0.416 e. The zero-order valence-corrected chi connectivity index (χ0v) is 16.5. The molecule has 0 saturated carbocycles. The van der Waals surface area contributed by atoms with Crippen LogP contribution in [0.3, 0.4) is 0 Å². The summed E-state index contributed by atoms with van der Waals surface area (Å²) in [5.74, 6) is 1.51. The van der Waals surface area contributed by atoms with Gasteiger partial charge < -0.3 is 15.5 Å². The van der Waals surface area contributed by atoms with Gasteiger partial charge in [-0.3, -0.25) is 4.99 Å². The van der Waals surface area contributed by atoms with Gasteiger partial charge in [0.2, 0.25) is 0 Å². The number of halogens is 3. The van der Waals surface area contributed by atoms with E-state index in [-0.39, 0.29) is 6.54 Å². The van der Waals surface area contributed by atoms with Gasteiger partial charge in [0.05, 0.1) is 5.56 Å². The van der Waals surface area contributed by atoms with E-state index in [0.717, 1.165) is 36.6 Å². The van der Waals surface area contributed by atoms with Crippen molar-refractivity contribution < 1.29 is 13.2 Å². The number of hydrogen-bond acceptors (Lipinski definition) is 3. The van der Waals surface area contributed by atoms with E-state index in [1.807, 2.05) is 6.07 Å². The minimum Gasteiger partial charge on any atom is -0.357 e. The lowest BCUT2D eigenvalue weighted by molar-refractivity contribution is -0.137. The molecular weight excluding hydrogens is 379 g/mol. The normalized spacial score (nSPS) is 15.3. The van der Waals surface area contributed by atoms with Crippen LogP contribution in [0.25, 0.3) is 0 Å². The number of nitrogens with one attached hydrogen (secondary N) is 2. The average Bonchev–Trinajstić information content (AvgIpc) is 2.74. The maximum atomic E-state index is 12.8. The Balaban J connectivity index is 1.55. The average molecular weight is 405 g/mol. The first-order valence-electron chi connectivity index (χ1n) is 9.76. The molecule has 0 spiro atoms. The molecule has 0 bridgehead atoms. The predicted octanol–water partition coefficient (Wildman–Crippen LogP) is 3.96. The Labute approximate surface area is 169 Å². The quantitative estimate of drug-likeness (QED) is 0.584. The number of aliphatic imine (C=N–C) groups is 1. The monoisotopic (exact) mass is 405 g/mol. The van der Waals surface area contributed by atoms with Gasteiger partial charge in [-0.15, -0.1) is 0 Å². The van der Waals surface area contributed by atoms with E-state index in [2.05, 4.69) is 31.6 Å². The zero-order valence-electron chi connectivity index (χ0n) is 16.5. The number of hydrogen-bond donors (Lipinski definition) is 2. The van der Waals surface area contributed by atoms with Gasteiger partial charge in [0.1, 0.15) is 5.82 Å². The van der Waals surface area contributed by atoms with E-state index in [1.54, 1.807) is 19.3 Å². The van der Waals surface area contributed by atoms with E-state index in [4.69, 9.17) is 0 Å². The van der Waals surface area contributed by atoms with E-state index in [9.17, 15) is 13.2 Å². The first kappa shape index (κ1) is 21.0. The second-order valence-corrected chi connectivity index (χ2v) is 7.05. The number of guanidine groups is 1. The molecule has 1 fully saturated rings. The van der Waals surface area contributed by atoms with Crippen LogP contribution in [0.15, 0.2) is 47.6 Å². The molecular formula is C21H26F3N5. The van der Waals surface area contributed by atoms with Crippen LogP contribution in [-0.4, -0.2) is 31.1 Å². The number of alkyl halides is 3. The number of piperidine rings is 1. The molecule has 5 nitrogen and oxygen atoms in total. The molecule has 0 amide bonds. The highest BCUT2D eigenvalue weighted by Gasteiger charge is 2.30. The van der Waals surface area contributed by atoms with E-state index in [1.165, 1.54) is 25.3 Å². The molecule has 1 aliphatic rings. The van der Waals surface area contributed by atoms with Gasteiger partial charge in [0.25, 0.3) is 0 Å². The van der Waals surface area contributed by atoms with Crippen molar-refractivity contribution in [2.45, 2.75) is 38.5 Å². The van der Waals surface area contributed by atoms with Crippen LogP contribution in [0.5, 0.6) is 0 Å². The first-order valence-corrected chi connectivity index (χ1v) is 9.76. The van der Waals surface area contributed by atoms with Crippen molar-refractivity contribution in [3.63, 3.8) is 0 Å². The molecule has 2 heterocycles. The zero-order chi connectivity index (χ0) is 20.7. The summed E-state index contributed by atoms with van der Waals surface area (Å²) >= 11 is 0. The van der Waals surface area contributed by atoms with E-state index in [0.29, 0.717) is 18.1 Å². The molecule has 29 heavy (non-hydrogen) atoms. The highest BCUT2D eigenvalue weighted by atomic mass is 19.4. The Kier molecular flexibility index (Phi) is 6.95. The summed E-state index contributed by atoms with van der Waals surface area (Å²) in [4.78, 5) is 10.9. The highest BCUT2D eigenvalue weighted by Crippen LogP contribution is 2.29. The molecule has 1 aliphatic heterocycles. The number of nitrogens with zero attached hydrogens (tertiary/aromatic N) is 3. The van der Waals surface area contributed by atoms with Crippen LogP contribution in [0, 0.1) is 0 Å². The fourth-order valence-corrected chi connectivity index (χ4v) is 3.32. The fraction of sp³-hybridized carbons (Fsp3) is 0.429. The Morgan fingerprint density at radius 3 is 2.38 bits per heavy atom. The number of pyridine rings is 1. The molecule has 3 rings (SSSR count). The SMILES string of the molecule is CN=C(NCc1cccc(C(F)(F)F)c1)NCc1ccnc(N2CCCCC2)c1. The molecule has 1 aromatic carbocycles. The molecule has 156 valence electrons. The maximum absolute atomic E-state index is 12.8. The smallest absolute Gasteiger partial charge is 0.357 e. The van der Waals surface area contributed by atoms with Gasteiger partial charge in [-0.2, -0.15) is 13.2 Å². The van der Waals surface area contributed by atoms with Crippen LogP contribution < -0.4 is 15.5 Å². The second kappa shape index (κ2) is 9.62. The predicted molar refractivity (Wildman–Crippen MR) is 109 cm³/mol. The van der Waals surface area contributed by atoms with Crippen molar-refractivity contribution in [2.75, 3.05) is 25.0 Å². The third-order valence-electron chi connectivity index (χ3n) is 4.89. The minimum atomic E-state index is -4.34. The molecule has 2 N–H and O–H groups in total. The van der Waals surface area contributed by atoms with Gasteiger partial charge in [-0.05, 0) is 54.7 Å². The summed E-state index contributed by atoms with van der Waals surface area (Å²) in [6, 6.07) is 9.30.